The molecule has 4 N–H and O–H groups in total. The third kappa shape index (κ3) is 2.28. The molecule has 1 saturated heterocycles. The number of hydrogen-bond acceptors (Lipinski definition) is 6. The number of aliphatic hydroxyl groups excluding tert-OH is 2. The van der Waals surface area contributed by atoms with Gasteiger partial charge in [0, 0.05) is 0 Å². The molecule has 13 heteroatoms. The fourth-order valence-electron chi connectivity index (χ4n) is 2.37. The lowest BCUT2D eigenvalue weighted by Gasteiger charge is -2.36. The molecule has 0 spiro atoms. The summed E-state index contributed by atoms with van der Waals surface area (Å²) in [5, 5.41) is 27.8. The van der Waals surface area contributed by atoms with Crippen LogP contribution in [-0.4, -0.2) is 71.9 Å². The van der Waals surface area contributed by atoms with Gasteiger partial charge in [-0.15, -0.1) is 0 Å². The maximum Gasteiger partial charge on any atom is 0.287 e. The number of nitrogens with zero attached hydrogens (tertiary/aromatic N) is 1. The summed E-state index contributed by atoms with van der Waals surface area (Å²) in [7, 11) is 3.23. The minimum absolute atomic E-state index is 0.347. The van der Waals surface area contributed by atoms with Gasteiger partial charge in [0.2, 0.25) is 5.82 Å². The highest BCUT2D eigenvalue weighted by Crippen LogP contribution is 2.44. The third-order valence-electron chi connectivity index (χ3n) is 3.79. The number of H-pyrrole nitrogens is 1. The van der Waals surface area contributed by atoms with Gasteiger partial charge in [-0.05, 0) is 12.2 Å². The summed E-state index contributed by atoms with van der Waals surface area (Å²) < 4.78 is 33.8. The van der Waals surface area contributed by atoms with Gasteiger partial charge in [0.05, 0.1) is 11.6 Å². The number of ether oxygens (including phenoxy) is 1. The van der Waals surface area contributed by atoms with Gasteiger partial charge >= 0.3 is 0 Å². The molecule has 1 aliphatic rings. The van der Waals surface area contributed by atoms with E-state index >= 15 is 0 Å². The Morgan fingerprint density at radius 1 is 1.45 bits per heavy atom. The molecule has 118 valence electrons. The van der Waals surface area contributed by atoms with Crippen molar-refractivity contribution in [3.8, 4) is 0 Å². The van der Waals surface area contributed by atoms with Crippen molar-refractivity contribution in [1.82, 2.24) is 9.55 Å². The van der Waals surface area contributed by atoms with E-state index in [-0.39, 0.29) is 4.77 Å². The molecule has 1 aromatic rings. The zero-order valence-corrected chi connectivity index (χ0v) is 12.8. The molecule has 7 nitrogen and oxygen atoms in total. The molecule has 2 rings (SSSR count). The number of halogens is 2. The Morgan fingerprint density at radius 3 is 2.45 bits per heavy atom. The summed E-state index contributed by atoms with van der Waals surface area (Å²) in [6.07, 6.45) is -3.39. The van der Waals surface area contributed by atoms with Gasteiger partial charge in [0.1, 0.15) is 33.5 Å². The summed E-state index contributed by atoms with van der Waals surface area (Å²) >= 11 is 4.85. The summed E-state index contributed by atoms with van der Waals surface area (Å²) in [4.78, 5) is 13.2. The minimum atomic E-state index is -3.04. The van der Waals surface area contributed by atoms with Crippen molar-refractivity contribution in [1.29, 1.82) is 0 Å². The highest BCUT2D eigenvalue weighted by Gasteiger charge is 2.67. The second-order valence-corrected chi connectivity index (χ2v) is 6.24. The van der Waals surface area contributed by atoms with Gasteiger partial charge in [-0.1, -0.05) is 0 Å². The molecule has 0 aromatic carbocycles. The quantitative estimate of drug-likeness (QED) is 0.322. The number of aromatic nitrogens is 2. The fraction of sp³-hybridized carbons (Fsp3) is 0.556. The van der Waals surface area contributed by atoms with Crippen LogP contribution in [0.2, 0.25) is 0 Å². The predicted octanol–water partition coefficient (Wildman–Crippen LogP) is -4.38. The average Bonchev–Trinajstić information content (AvgIpc) is 2.56. The van der Waals surface area contributed by atoms with Crippen LogP contribution in [0.1, 0.15) is 0 Å². The Morgan fingerprint density at radius 2 is 2.00 bits per heavy atom. The highest BCUT2D eigenvalue weighted by molar-refractivity contribution is 7.71. The molecule has 1 aliphatic heterocycles. The largest absolute Gasteiger partial charge is 0.402 e. The summed E-state index contributed by atoms with van der Waals surface area (Å²) in [5.41, 5.74) is -3.14. The predicted molar refractivity (Wildman–Crippen MR) is 81.3 cm³/mol. The smallest absolute Gasteiger partial charge is 0.287 e. The molecule has 1 aromatic heterocycles. The number of nitrogens with one attached hydrogen (secondary N) is 1. The van der Waals surface area contributed by atoms with Gasteiger partial charge in [-0.25, -0.2) is 4.39 Å². The molecule has 0 aliphatic carbocycles. The van der Waals surface area contributed by atoms with Crippen molar-refractivity contribution in [3.05, 3.63) is 27.1 Å². The summed E-state index contributed by atoms with van der Waals surface area (Å²) in [6.45, 7) is 0. The van der Waals surface area contributed by atoms with Crippen LogP contribution in [0.5, 0.6) is 0 Å². The first-order valence-corrected chi connectivity index (χ1v) is 6.75. The first-order valence-electron chi connectivity index (χ1n) is 6.34. The highest BCUT2D eigenvalue weighted by atomic mass is 32.1. The first kappa shape index (κ1) is 17.4. The van der Waals surface area contributed by atoms with Gasteiger partial charge in [-0.2, -0.15) is 4.39 Å². The summed E-state index contributed by atoms with van der Waals surface area (Å²) in [6, 6.07) is 0. The van der Waals surface area contributed by atoms with Gasteiger partial charge < -0.3 is 20.1 Å². The number of alkyl halides is 1. The Labute approximate surface area is 131 Å². The lowest BCUT2D eigenvalue weighted by Crippen LogP contribution is -2.59. The van der Waals surface area contributed by atoms with Crippen LogP contribution in [0.25, 0.3) is 0 Å². The van der Waals surface area contributed by atoms with E-state index in [0.29, 0.717) is 6.20 Å². The monoisotopic (exact) mass is 332 g/mol. The molecular formula is C9H13B3F2N2O5S. The van der Waals surface area contributed by atoms with Crippen LogP contribution in [0, 0.1) is 10.6 Å². The minimum Gasteiger partial charge on any atom is -0.402 e. The van der Waals surface area contributed by atoms with Crippen molar-refractivity contribution in [2.45, 2.75) is 29.1 Å². The Bertz CT molecular complexity index is 724. The summed E-state index contributed by atoms with van der Waals surface area (Å²) in [5.74, 6) is -4.28. The van der Waals surface area contributed by atoms with Crippen molar-refractivity contribution < 1.29 is 28.8 Å². The van der Waals surface area contributed by atoms with E-state index in [1.165, 1.54) is 0 Å². The van der Waals surface area contributed by atoms with Crippen LogP contribution in [-0.2, 0) is 10.4 Å². The van der Waals surface area contributed by atoms with E-state index in [0.717, 1.165) is 28.1 Å². The van der Waals surface area contributed by atoms with Crippen LogP contribution >= 0.6 is 12.2 Å². The van der Waals surface area contributed by atoms with Crippen molar-refractivity contribution in [3.63, 3.8) is 0 Å². The lowest BCUT2D eigenvalue weighted by molar-refractivity contribution is -0.243. The number of aromatic amines is 1. The van der Waals surface area contributed by atoms with E-state index in [4.69, 9.17) is 17.0 Å². The molecule has 4 atom stereocenters. The number of rotatable bonds is 2. The zero-order chi connectivity index (χ0) is 17.1. The average molecular weight is 332 g/mol. The molecule has 0 unspecified atom stereocenters. The van der Waals surface area contributed by atoms with Gasteiger partial charge in [-0.3, -0.25) is 14.3 Å². The Kier molecular flexibility index (Phi) is 3.94. The van der Waals surface area contributed by atoms with Crippen LogP contribution in [0.4, 0.5) is 8.78 Å². The molecule has 2 heterocycles. The van der Waals surface area contributed by atoms with E-state index in [9.17, 15) is 28.9 Å². The van der Waals surface area contributed by atoms with Crippen LogP contribution in [0.15, 0.2) is 11.0 Å². The molecule has 22 heavy (non-hydrogen) atoms. The first-order chi connectivity index (χ1) is 9.84. The van der Waals surface area contributed by atoms with E-state index < -0.39 is 40.5 Å². The Hall–Kier alpha value is -1.01. The molecule has 0 amide bonds. The lowest BCUT2D eigenvalue weighted by atomic mass is 9.59. The normalized spacial score (nSPS) is 35.7. The van der Waals surface area contributed by atoms with E-state index in [1.807, 2.05) is 4.98 Å². The number of hydrogen-bond donors (Lipinski definition) is 4. The standard InChI is InChI=1S/C9H13B3F2N2O5S/c10-8(16-1-2(13)5(19)15-6(16)22)4(18)3(17)7(14,21-8)9(11,12)20/h1,3-4,17-18,20H,10-12H2,(H,15,19,22)/t3-,4+,7-,8-/m0/s1. The van der Waals surface area contributed by atoms with E-state index in [2.05, 4.69) is 0 Å². The fourth-order valence-corrected chi connectivity index (χ4v) is 2.70. The van der Waals surface area contributed by atoms with E-state index in [1.54, 1.807) is 0 Å². The third-order valence-corrected chi connectivity index (χ3v) is 4.09. The molecule has 0 radical (unpaired) electrons. The van der Waals surface area contributed by atoms with Gasteiger partial charge in [0.25, 0.3) is 11.4 Å². The van der Waals surface area contributed by atoms with Gasteiger partial charge in [0.15, 0.2) is 12.6 Å². The zero-order valence-electron chi connectivity index (χ0n) is 12.0. The second-order valence-electron chi connectivity index (χ2n) is 5.86. The topological polar surface area (TPSA) is 108 Å². The SMILES string of the molecule is BC(B)(O)[C@@]1(F)O[C@@](B)(n2cc(F)c(=O)[nH]c2=S)[C@H](O)[C@@H]1O. The molecular weight excluding hydrogens is 319 g/mol. The molecule has 0 saturated carbocycles. The van der Waals surface area contributed by atoms with Crippen LogP contribution in [0.3, 0.4) is 0 Å². The molecule has 1 fully saturated rings. The van der Waals surface area contributed by atoms with Crippen LogP contribution < -0.4 is 5.56 Å². The molecule has 0 bridgehead atoms. The van der Waals surface area contributed by atoms with Crippen molar-refractivity contribution >= 4 is 35.8 Å². The van der Waals surface area contributed by atoms with Crippen molar-refractivity contribution in [2.75, 3.05) is 0 Å². The van der Waals surface area contributed by atoms with Crippen molar-refractivity contribution in [2.24, 2.45) is 0 Å². The Balaban J connectivity index is 2.64. The number of aliphatic hydroxyl groups is 3. The maximum atomic E-state index is 14.9. The second kappa shape index (κ2) is 5.00. The maximum absolute atomic E-state index is 14.9.